The molecule has 0 heterocycles. The van der Waals surface area contributed by atoms with Gasteiger partial charge in [-0.3, -0.25) is 5.32 Å². The van der Waals surface area contributed by atoms with E-state index in [0.29, 0.717) is 0 Å². The molecule has 19 heavy (non-hydrogen) atoms. The van der Waals surface area contributed by atoms with Crippen LogP contribution in [0.4, 0.5) is 13.2 Å². The van der Waals surface area contributed by atoms with Crippen molar-refractivity contribution in [3.05, 3.63) is 34.4 Å². The van der Waals surface area contributed by atoms with Crippen LogP contribution in [0.25, 0.3) is 0 Å². The van der Waals surface area contributed by atoms with Crippen LogP contribution in [0.2, 0.25) is 0 Å². The van der Waals surface area contributed by atoms with Crippen LogP contribution in [-0.4, -0.2) is 11.7 Å². The van der Waals surface area contributed by atoms with Crippen LogP contribution in [-0.2, 0) is 0 Å². The minimum atomic E-state index is -4.16. The second-order valence-electron chi connectivity index (χ2n) is 5.76. The molecule has 0 bridgehead atoms. The number of alkyl halides is 3. The SMILES string of the molecule is Cc1cc(C)c(C(C)NC2(C(F)(F)F)CC2)c(C)c1. The molecule has 0 radical (unpaired) electrons. The third kappa shape index (κ3) is 2.64. The van der Waals surface area contributed by atoms with E-state index in [-0.39, 0.29) is 18.9 Å². The monoisotopic (exact) mass is 271 g/mol. The molecule has 0 spiro atoms. The Bertz CT molecular complexity index is 464. The molecule has 0 saturated heterocycles. The minimum Gasteiger partial charge on any atom is -0.297 e. The molecule has 0 aliphatic heterocycles. The highest BCUT2D eigenvalue weighted by Crippen LogP contribution is 2.50. The number of rotatable bonds is 3. The van der Waals surface area contributed by atoms with Gasteiger partial charge in [0.25, 0.3) is 0 Å². The lowest BCUT2D eigenvalue weighted by Crippen LogP contribution is -2.46. The highest BCUT2D eigenvalue weighted by Gasteiger charge is 2.63. The lowest BCUT2D eigenvalue weighted by atomic mass is 9.94. The molecule has 1 aromatic rings. The Morgan fingerprint density at radius 3 is 1.95 bits per heavy atom. The first-order valence-electron chi connectivity index (χ1n) is 6.58. The maximum absolute atomic E-state index is 13.0. The Morgan fingerprint density at radius 2 is 1.58 bits per heavy atom. The second-order valence-corrected chi connectivity index (χ2v) is 5.76. The maximum Gasteiger partial charge on any atom is 0.406 e. The van der Waals surface area contributed by atoms with Gasteiger partial charge < -0.3 is 0 Å². The van der Waals surface area contributed by atoms with Crippen LogP contribution >= 0.6 is 0 Å². The van der Waals surface area contributed by atoms with Gasteiger partial charge in [0.2, 0.25) is 0 Å². The molecule has 1 saturated carbocycles. The molecule has 1 fully saturated rings. The highest BCUT2D eigenvalue weighted by molar-refractivity contribution is 5.39. The van der Waals surface area contributed by atoms with Gasteiger partial charge in [-0.05, 0) is 57.2 Å². The summed E-state index contributed by atoms with van der Waals surface area (Å²) in [6.45, 7) is 7.73. The molecule has 106 valence electrons. The molecule has 4 heteroatoms. The molecule has 2 rings (SSSR count). The summed E-state index contributed by atoms with van der Waals surface area (Å²) in [5, 5.41) is 2.80. The first kappa shape index (κ1) is 14.4. The Morgan fingerprint density at radius 1 is 1.11 bits per heavy atom. The predicted octanol–water partition coefficient (Wildman–Crippen LogP) is 4.36. The normalized spacial score (nSPS) is 19.3. The zero-order valence-corrected chi connectivity index (χ0v) is 11.8. The summed E-state index contributed by atoms with van der Waals surface area (Å²) < 4.78 is 38.9. The molecular formula is C15H20F3N. The fourth-order valence-corrected chi connectivity index (χ4v) is 3.00. The van der Waals surface area contributed by atoms with Crippen LogP contribution in [0, 0.1) is 20.8 Å². The van der Waals surface area contributed by atoms with Gasteiger partial charge in [0.15, 0.2) is 0 Å². The van der Waals surface area contributed by atoms with Crippen molar-refractivity contribution < 1.29 is 13.2 Å². The zero-order chi connectivity index (χ0) is 14.4. The van der Waals surface area contributed by atoms with Crippen molar-refractivity contribution in [3.63, 3.8) is 0 Å². The van der Waals surface area contributed by atoms with Gasteiger partial charge in [-0.15, -0.1) is 0 Å². The van der Waals surface area contributed by atoms with E-state index in [1.807, 2.05) is 39.8 Å². The maximum atomic E-state index is 13.0. The first-order chi connectivity index (χ1) is 8.66. The lowest BCUT2D eigenvalue weighted by molar-refractivity contribution is -0.167. The molecule has 1 aliphatic carbocycles. The van der Waals surface area contributed by atoms with Crippen molar-refractivity contribution in [2.45, 2.75) is 58.3 Å². The van der Waals surface area contributed by atoms with Gasteiger partial charge in [-0.1, -0.05) is 17.7 Å². The van der Waals surface area contributed by atoms with E-state index < -0.39 is 11.7 Å². The summed E-state index contributed by atoms with van der Waals surface area (Å²) in [7, 11) is 0. The summed E-state index contributed by atoms with van der Waals surface area (Å²) in [5.41, 5.74) is 2.57. The van der Waals surface area contributed by atoms with Crippen LogP contribution in [0.5, 0.6) is 0 Å². The molecule has 1 atom stereocenters. The van der Waals surface area contributed by atoms with E-state index in [1.165, 1.54) is 0 Å². The fraction of sp³-hybridized carbons (Fsp3) is 0.600. The molecule has 1 unspecified atom stereocenters. The Hall–Kier alpha value is -1.03. The molecule has 0 aromatic heterocycles. The number of hydrogen-bond acceptors (Lipinski definition) is 1. The van der Waals surface area contributed by atoms with Crippen LogP contribution < -0.4 is 5.32 Å². The molecule has 0 amide bonds. The Labute approximate surface area is 112 Å². The number of halogens is 3. The van der Waals surface area contributed by atoms with Crippen molar-refractivity contribution in [2.24, 2.45) is 0 Å². The molecule has 1 aliphatic rings. The third-order valence-corrected chi connectivity index (χ3v) is 3.96. The quantitative estimate of drug-likeness (QED) is 0.861. The topological polar surface area (TPSA) is 12.0 Å². The Kier molecular flexibility index (Phi) is 3.42. The van der Waals surface area contributed by atoms with Crippen LogP contribution in [0.15, 0.2) is 12.1 Å². The average molecular weight is 271 g/mol. The van der Waals surface area contributed by atoms with Crippen molar-refractivity contribution >= 4 is 0 Å². The number of nitrogens with one attached hydrogen (secondary N) is 1. The third-order valence-electron chi connectivity index (χ3n) is 3.96. The van der Waals surface area contributed by atoms with Crippen molar-refractivity contribution in [3.8, 4) is 0 Å². The van der Waals surface area contributed by atoms with E-state index >= 15 is 0 Å². The summed E-state index contributed by atoms with van der Waals surface area (Å²) in [4.78, 5) is 0. The summed E-state index contributed by atoms with van der Waals surface area (Å²) in [6, 6.07) is 3.76. The van der Waals surface area contributed by atoms with Gasteiger partial charge >= 0.3 is 6.18 Å². The molecular weight excluding hydrogens is 251 g/mol. The van der Waals surface area contributed by atoms with Crippen LogP contribution in [0.1, 0.15) is 48.1 Å². The minimum absolute atomic E-state index is 0.185. The largest absolute Gasteiger partial charge is 0.406 e. The number of hydrogen-bond donors (Lipinski definition) is 1. The Balaban J connectivity index is 2.25. The van der Waals surface area contributed by atoms with E-state index in [4.69, 9.17) is 0 Å². The van der Waals surface area contributed by atoms with Crippen molar-refractivity contribution in [1.82, 2.24) is 5.32 Å². The average Bonchev–Trinajstić information content (AvgIpc) is 2.95. The number of benzene rings is 1. The number of aryl methyl sites for hydroxylation is 3. The smallest absolute Gasteiger partial charge is 0.297 e. The highest BCUT2D eigenvalue weighted by atomic mass is 19.4. The molecule has 1 nitrogen and oxygen atoms in total. The van der Waals surface area contributed by atoms with Crippen LogP contribution in [0.3, 0.4) is 0 Å². The summed E-state index contributed by atoms with van der Waals surface area (Å²) >= 11 is 0. The van der Waals surface area contributed by atoms with Crippen molar-refractivity contribution in [2.75, 3.05) is 0 Å². The van der Waals surface area contributed by atoms with Gasteiger partial charge in [-0.25, -0.2) is 0 Å². The van der Waals surface area contributed by atoms with Gasteiger partial charge in [-0.2, -0.15) is 13.2 Å². The first-order valence-corrected chi connectivity index (χ1v) is 6.58. The van der Waals surface area contributed by atoms with E-state index in [9.17, 15) is 13.2 Å². The van der Waals surface area contributed by atoms with Gasteiger partial charge in [0, 0.05) is 6.04 Å². The van der Waals surface area contributed by atoms with E-state index in [0.717, 1.165) is 22.3 Å². The fourth-order valence-electron chi connectivity index (χ4n) is 3.00. The standard InChI is InChI=1S/C15H20F3N/c1-9-7-10(2)13(11(3)8-9)12(4)19-14(5-6-14)15(16,17)18/h7-8,12,19H,5-6H2,1-4H3. The van der Waals surface area contributed by atoms with E-state index in [1.54, 1.807) is 0 Å². The van der Waals surface area contributed by atoms with Crippen molar-refractivity contribution in [1.29, 1.82) is 0 Å². The van der Waals surface area contributed by atoms with Gasteiger partial charge in [0.05, 0.1) is 0 Å². The zero-order valence-electron chi connectivity index (χ0n) is 11.8. The second kappa shape index (κ2) is 4.51. The van der Waals surface area contributed by atoms with Gasteiger partial charge in [0.1, 0.15) is 5.54 Å². The van der Waals surface area contributed by atoms with E-state index in [2.05, 4.69) is 5.32 Å². The predicted molar refractivity (Wildman–Crippen MR) is 70.2 cm³/mol. The molecule has 1 aromatic carbocycles. The molecule has 1 N–H and O–H groups in total. The summed E-state index contributed by atoms with van der Waals surface area (Å²) in [6.07, 6.45) is -3.79. The lowest BCUT2D eigenvalue weighted by Gasteiger charge is -2.27. The summed E-state index contributed by atoms with van der Waals surface area (Å²) in [5.74, 6) is 0.